The van der Waals surface area contributed by atoms with E-state index in [1.54, 1.807) is 0 Å². The topological polar surface area (TPSA) is 3.24 Å². The highest BCUT2D eigenvalue weighted by Crippen LogP contribution is 2.41. The molecule has 1 saturated carbocycles. The molecule has 0 bridgehead atoms. The lowest BCUT2D eigenvalue weighted by atomic mass is 10.2. The Kier molecular flexibility index (Phi) is 1.80. The monoisotopic (exact) mass is 127 g/mol. The zero-order valence-corrected chi connectivity index (χ0v) is 6.89. The molecular weight excluding hydrogens is 110 g/mol. The highest BCUT2D eigenvalue weighted by atomic mass is 15.1. The van der Waals surface area contributed by atoms with Gasteiger partial charge in [0.25, 0.3) is 0 Å². The molecule has 1 heteroatoms. The number of hydrogen-bond donors (Lipinski definition) is 0. The summed E-state index contributed by atoms with van der Waals surface area (Å²) in [6.45, 7) is 4.65. The van der Waals surface area contributed by atoms with E-state index in [0.717, 1.165) is 17.9 Å². The molecule has 1 aliphatic carbocycles. The predicted molar refractivity (Wildman–Crippen MR) is 40.4 cm³/mol. The Morgan fingerprint density at radius 3 is 2.00 bits per heavy atom. The summed E-state index contributed by atoms with van der Waals surface area (Å²) in [5.74, 6) is 1.97. The Labute approximate surface area is 58.0 Å². The standard InChI is InChI=1S/C8H17N/c1-6-5-8(6)7(2)9(3)4/h6-8H,5H2,1-4H3. The fourth-order valence-corrected chi connectivity index (χ4v) is 1.41. The molecule has 0 saturated heterocycles. The van der Waals surface area contributed by atoms with Crippen LogP contribution in [0.1, 0.15) is 20.3 Å². The minimum absolute atomic E-state index is 0.792. The molecule has 1 nitrogen and oxygen atoms in total. The fraction of sp³-hybridized carbons (Fsp3) is 1.00. The van der Waals surface area contributed by atoms with Gasteiger partial charge >= 0.3 is 0 Å². The second kappa shape index (κ2) is 2.30. The van der Waals surface area contributed by atoms with Gasteiger partial charge < -0.3 is 4.90 Å². The van der Waals surface area contributed by atoms with Crippen LogP contribution < -0.4 is 0 Å². The van der Waals surface area contributed by atoms with Crippen LogP contribution in [0.25, 0.3) is 0 Å². The zero-order chi connectivity index (χ0) is 7.02. The maximum Gasteiger partial charge on any atom is 0.00917 e. The maximum absolute atomic E-state index is 2.34. The van der Waals surface area contributed by atoms with Crippen LogP contribution in [0.3, 0.4) is 0 Å². The Bertz CT molecular complexity index is 98.7. The third kappa shape index (κ3) is 1.45. The minimum Gasteiger partial charge on any atom is -0.306 e. The lowest BCUT2D eigenvalue weighted by Crippen LogP contribution is -2.26. The van der Waals surface area contributed by atoms with Gasteiger partial charge in [-0.3, -0.25) is 0 Å². The second-order valence-corrected chi connectivity index (χ2v) is 3.58. The molecule has 0 heterocycles. The summed E-state index contributed by atoms with van der Waals surface area (Å²) in [6, 6.07) is 0.792. The van der Waals surface area contributed by atoms with Gasteiger partial charge in [0.05, 0.1) is 0 Å². The summed E-state index contributed by atoms with van der Waals surface area (Å²) in [4.78, 5) is 2.31. The lowest BCUT2D eigenvalue weighted by Gasteiger charge is -2.18. The molecular formula is C8H17N. The third-order valence-electron chi connectivity index (χ3n) is 2.61. The molecule has 1 aliphatic rings. The first-order valence-corrected chi connectivity index (χ1v) is 3.79. The van der Waals surface area contributed by atoms with E-state index in [-0.39, 0.29) is 0 Å². The Hall–Kier alpha value is -0.0400. The first kappa shape index (κ1) is 7.07. The van der Waals surface area contributed by atoms with Gasteiger partial charge in [-0.1, -0.05) is 6.92 Å². The van der Waals surface area contributed by atoms with Crippen molar-refractivity contribution in [3.05, 3.63) is 0 Å². The molecule has 9 heavy (non-hydrogen) atoms. The minimum atomic E-state index is 0.792. The van der Waals surface area contributed by atoms with E-state index in [1.807, 2.05) is 0 Å². The van der Waals surface area contributed by atoms with Crippen molar-refractivity contribution in [3.63, 3.8) is 0 Å². The van der Waals surface area contributed by atoms with Gasteiger partial charge in [0.15, 0.2) is 0 Å². The van der Waals surface area contributed by atoms with Crippen molar-refractivity contribution in [2.45, 2.75) is 26.3 Å². The van der Waals surface area contributed by atoms with Gasteiger partial charge in [0, 0.05) is 6.04 Å². The Morgan fingerprint density at radius 2 is 1.89 bits per heavy atom. The zero-order valence-electron chi connectivity index (χ0n) is 6.89. The van der Waals surface area contributed by atoms with E-state index in [2.05, 4.69) is 32.8 Å². The van der Waals surface area contributed by atoms with E-state index in [0.29, 0.717) is 0 Å². The average molecular weight is 127 g/mol. The van der Waals surface area contributed by atoms with Gasteiger partial charge in [-0.15, -0.1) is 0 Å². The van der Waals surface area contributed by atoms with Crippen molar-refractivity contribution in [3.8, 4) is 0 Å². The maximum atomic E-state index is 2.34. The first-order valence-electron chi connectivity index (χ1n) is 3.79. The SMILES string of the molecule is CC1CC1C(C)N(C)C. The van der Waals surface area contributed by atoms with E-state index < -0.39 is 0 Å². The quantitative estimate of drug-likeness (QED) is 0.544. The van der Waals surface area contributed by atoms with Crippen molar-refractivity contribution in [2.75, 3.05) is 14.1 Å². The Balaban J connectivity index is 2.27. The van der Waals surface area contributed by atoms with Crippen molar-refractivity contribution < 1.29 is 0 Å². The molecule has 54 valence electrons. The van der Waals surface area contributed by atoms with Crippen LogP contribution in [-0.4, -0.2) is 25.0 Å². The van der Waals surface area contributed by atoms with Crippen LogP contribution in [-0.2, 0) is 0 Å². The second-order valence-electron chi connectivity index (χ2n) is 3.58. The predicted octanol–water partition coefficient (Wildman–Crippen LogP) is 1.59. The lowest BCUT2D eigenvalue weighted by molar-refractivity contribution is 0.277. The van der Waals surface area contributed by atoms with Crippen molar-refractivity contribution >= 4 is 0 Å². The van der Waals surface area contributed by atoms with E-state index >= 15 is 0 Å². The van der Waals surface area contributed by atoms with Crippen molar-refractivity contribution in [2.24, 2.45) is 11.8 Å². The van der Waals surface area contributed by atoms with E-state index in [9.17, 15) is 0 Å². The van der Waals surface area contributed by atoms with Crippen LogP contribution in [0.2, 0.25) is 0 Å². The van der Waals surface area contributed by atoms with Crippen molar-refractivity contribution in [1.29, 1.82) is 0 Å². The van der Waals surface area contributed by atoms with Crippen molar-refractivity contribution in [1.82, 2.24) is 4.90 Å². The summed E-state index contributed by atoms with van der Waals surface area (Å²) in [7, 11) is 4.32. The normalized spacial score (nSPS) is 37.0. The molecule has 3 atom stereocenters. The summed E-state index contributed by atoms with van der Waals surface area (Å²) >= 11 is 0. The van der Waals surface area contributed by atoms with Gasteiger partial charge in [0.2, 0.25) is 0 Å². The highest BCUT2D eigenvalue weighted by molar-refractivity contribution is 4.89. The van der Waals surface area contributed by atoms with Gasteiger partial charge in [-0.25, -0.2) is 0 Å². The number of nitrogens with zero attached hydrogens (tertiary/aromatic N) is 1. The average Bonchev–Trinajstić information content (AvgIpc) is 2.44. The molecule has 0 aromatic carbocycles. The molecule has 0 aromatic rings. The summed E-state index contributed by atoms with van der Waals surface area (Å²) in [6.07, 6.45) is 1.44. The Morgan fingerprint density at radius 1 is 1.44 bits per heavy atom. The van der Waals surface area contributed by atoms with Crippen LogP contribution >= 0.6 is 0 Å². The summed E-state index contributed by atoms with van der Waals surface area (Å²) in [5.41, 5.74) is 0. The van der Waals surface area contributed by atoms with Gasteiger partial charge in [0.1, 0.15) is 0 Å². The van der Waals surface area contributed by atoms with Gasteiger partial charge in [-0.2, -0.15) is 0 Å². The molecule has 1 fully saturated rings. The van der Waals surface area contributed by atoms with Gasteiger partial charge in [-0.05, 0) is 39.3 Å². The molecule has 0 aromatic heterocycles. The molecule has 1 rings (SSSR count). The first-order chi connectivity index (χ1) is 4.13. The molecule has 0 spiro atoms. The van der Waals surface area contributed by atoms with E-state index in [1.165, 1.54) is 6.42 Å². The smallest absolute Gasteiger partial charge is 0.00917 e. The molecule has 0 N–H and O–H groups in total. The van der Waals surface area contributed by atoms with Crippen LogP contribution in [0, 0.1) is 11.8 Å². The highest BCUT2D eigenvalue weighted by Gasteiger charge is 2.37. The molecule has 0 aliphatic heterocycles. The van der Waals surface area contributed by atoms with E-state index in [4.69, 9.17) is 0 Å². The largest absolute Gasteiger partial charge is 0.306 e. The molecule has 0 radical (unpaired) electrons. The summed E-state index contributed by atoms with van der Waals surface area (Å²) < 4.78 is 0. The third-order valence-corrected chi connectivity index (χ3v) is 2.61. The van der Waals surface area contributed by atoms with Crippen LogP contribution in [0.15, 0.2) is 0 Å². The number of rotatable bonds is 2. The number of hydrogen-bond acceptors (Lipinski definition) is 1. The fourth-order valence-electron chi connectivity index (χ4n) is 1.41. The van der Waals surface area contributed by atoms with Crippen LogP contribution in [0.5, 0.6) is 0 Å². The molecule has 3 unspecified atom stereocenters. The summed E-state index contributed by atoms with van der Waals surface area (Å²) in [5, 5.41) is 0. The van der Waals surface area contributed by atoms with Crippen LogP contribution in [0.4, 0.5) is 0 Å². The molecule has 0 amide bonds.